The number of amides is 3. The molecule has 0 aliphatic carbocycles. The number of ether oxygens (including phenoxy) is 1. The molecule has 0 unspecified atom stereocenters. The molecule has 3 amide bonds. The standard InChI is InChI=1S/C26H29N3O5S/c1-4-34-25(32)19-9-8-10-21(14-19)29-17(2)13-20(18(29)3)15-22-24(31)28(26(33)35-22)16-23(30)27-11-6-5-7-12-27/h8-10,13-15H,4-7,11-12,16H2,1-3H3. The lowest BCUT2D eigenvalue weighted by Gasteiger charge is -2.27. The maximum Gasteiger partial charge on any atom is 0.338 e. The Balaban J connectivity index is 1.56. The molecule has 0 N–H and O–H groups in total. The van der Waals surface area contributed by atoms with E-state index >= 15 is 0 Å². The number of imide groups is 1. The zero-order valence-electron chi connectivity index (χ0n) is 20.2. The maximum absolute atomic E-state index is 13.0. The molecule has 2 fully saturated rings. The van der Waals surface area contributed by atoms with Crippen LogP contribution < -0.4 is 0 Å². The summed E-state index contributed by atoms with van der Waals surface area (Å²) in [5.74, 6) is -1.02. The number of carbonyl (C=O) groups is 4. The molecular formula is C26H29N3O5S. The lowest BCUT2D eigenvalue weighted by molar-refractivity contribution is -0.136. The van der Waals surface area contributed by atoms with Crippen LogP contribution in [-0.4, -0.2) is 63.6 Å². The van der Waals surface area contributed by atoms with Gasteiger partial charge in [-0.2, -0.15) is 0 Å². The van der Waals surface area contributed by atoms with Crippen LogP contribution in [0.1, 0.15) is 53.5 Å². The molecule has 0 atom stereocenters. The third kappa shape index (κ3) is 5.19. The molecule has 4 rings (SSSR count). The SMILES string of the molecule is CCOC(=O)c1cccc(-n2c(C)cc(C=C3SC(=O)N(CC(=O)N4CCCCC4)C3=O)c2C)c1. The molecule has 0 saturated carbocycles. The lowest BCUT2D eigenvalue weighted by Crippen LogP contribution is -2.44. The van der Waals surface area contributed by atoms with E-state index in [0.29, 0.717) is 30.2 Å². The first-order valence-corrected chi connectivity index (χ1v) is 12.6. The largest absolute Gasteiger partial charge is 0.462 e. The van der Waals surface area contributed by atoms with Crippen LogP contribution in [-0.2, 0) is 14.3 Å². The number of nitrogens with zero attached hydrogens (tertiary/aromatic N) is 3. The number of esters is 1. The van der Waals surface area contributed by atoms with E-state index in [4.69, 9.17) is 4.74 Å². The third-order valence-electron chi connectivity index (χ3n) is 6.25. The Labute approximate surface area is 208 Å². The number of carbonyl (C=O) groups excluding carboxylic acids is 4. The van der Waals surface area contributed by atoms with Crippen molar-refractivity contribution in [1.29, 1.82) is 0 Å². The highest BCUT2D eigenvalue weighted by atomic mass is 32.2. The van der Waals surface area contributed by atoms with Crippen LogP contribution in [0.3, 0.4) is 0 Å². The topological polar surface area (TPSA) is 88.9 Å². The first-order valence-electron chi connectivity index (χ1n) is 11.8. The van der Waals surface area contributed by atoms with Crippen LogP contribution in [0, 0.1) is 13.8 Å². The molecule has 184 valence electrons. The van der Waals surface area contributed by atoms with Gasteiger partial charge >= 0.3 is 5.97 Å². The summed E-state index contributed by atoms with van der Waals surface area (Å²) in [5.41, 5.74) is 3.81. The van der Waals surface area contributed by atoms with Gasteiger partial charge < -0.3 is 14.2 Å². The van der Waals surface area contributed by atoms with Crippen LogP contribution in [0.2, 0.25) is 0 Å². The minimum absolute atomic E-state index is 0.187. The van der Waals surface area contributed by atoms with E-state index in [-0.39, 0.29) is 18.4 Å². The summed E-state index contributed by atoms with van der Waals surface area (Å²) in [6.07, 6.45) is 4.70. The summed E-state index contributed by atoms with van der Waals surface area (Å²) >= 11 is 0.854. The Morgan fingerprint density at radius 2 is 1.83 bits per heavy atom. The number of aromatic nitrogens is 1. The minimum atomic E-state index is -0.445. The minimum Gasteiger partial charge on any atom is -0.462 e. The molecule has 0 spiro atoms. The van der Waals surface area contributed by atoms with Gasteiger partial charge in [-0.25, -0.2) is 4.79 Å². The van der Waals surface area contributed by atoms with E-state index in [0.717, 1.165) is 58.6 Å². The summed E-state index contributed by atoms with van der Waals surface area (Å²) in [4.78, 5) is 53.3. The zero-order chi connectivity index (χ0) is 25.1. The van der Waals surface area contributed by atoms with Crippen molar-refractivity contribution in [1.82, 2.24) is 14.4 Å². The first kappa shape index (κ1) is 24.8. The first-order chi connectivity index (χ1) is 16.8. The molecule has 1 aromatic heterocycles. The van der Waals surface area contributed by atoms with Crippen molar-refractivity contribution < 1.29 is 23.9 Å². The Morgan fingerprint density at radius 1 is 1.09 bits per heavy atom. The predicted molar refractivity (Wildman–Crippen MR) is 134 cm³/mol. The van der Waals surface area contributed by atoms with Crippen LogP contribution in [0.4, 0.5) is 4.79 Å². The van der Waals surface area contributed by atoms with Gasteiger partial charge in [0.25, 0.3) is 11.1 Å². The monoisotopic (exact) mass is 495 g/mol. The molecule has 3 heterocycles. The quantitative estimate of drug-likeness (QED) is 0.438. The van der Waals surface area contributed by atoms with Crippen molar-refractivity contribution in [3.63, 3.8) is 0 Å². The van der Waals surface area contributed by atoms with Gasteiger partial charge in [-0.1, -0.05) is 6.07 Å². The Kier molecular flexibility index (Phi) is 7.45. The van der Waals surface area contributed by atoms with Crippen molar-refractivity contribution in [3.8, 4) is 5.69 Å². The Hall–Kier alpha value is -3.33. The normalized spacial score (nSPS) is 17.4. The summed E-state index contributed by atoms with van der Waals surface area (Å²) < 4.78 is 7.09. The average Bonchev–Trinajstić information content (AvgIpc) is 3.28. The molecule has 8 nitrogen and oxygen atoms in total. The van der Waals surface area contributed by atoms with Gasteiger partial charge in [-0.3, -0.25) is 19.3 Å². The molecule has 1 aromatic carbocycles. The van der Waals surface area contributed by atoms with Crippen LogP contribution in [0.15, 0.2) is 35.2 Å². The second kappa shape index (κ2) is 10.5. The number of aryl methyl sites for hydroxylation is 1. The highest BCUT2D eigenvalue weighted by molar-refractivity contribution is 8.18. The molecule has 2 saturated heterocycles. The Morgan fingerprint density at radius 3 is 2.54 bits per heavy atom. The van der Waals surface area contributed by atoms with Crippen LogP contribution in [0.5, 0.6) is 0 Å². The number of piperidine rings is 1. The number of benzene rings is 1. The van der Waals surface area contributed by atoms with Gasteiger partial charge in [0.05, 0.1) is 17.1 Å². The molecule has 2 aliphatic rings. The number of hydrogen-bond donors (Lipinski definition) is 0. The van der Waals surface area contributed by atoms with E-state index in [1.54, 1.807) is 36.1 Å². The summed E-state index contributed by atoms with van der Waals surface area (Å²) in [7, 11) is 0. The second-order valence-electron chi connectivity index (χ2n) is 8.64. The predicted octanol–water partition coefficient (Wildman–Crippen LogP) is 4.32. The van der Waals surface area contributed by atoms with E-state index in [9.17, 15) is 19.2 Å². The van der Waals surface area contributed by atoms with Crippen molar-refractivity contribution in [3.05, 3.63) is 57.8 Å². The van der Waals surface area contributed by atoms with E-state index < -0.39 is 11.1 Å². The maximum atomic E-state index is 13.0. The van der Waals surface area contributed by atoms with Crippen molar-refractivity contribution in [2.45, 2.75) is 40.0 Å². The van der Waals surface area contributed by atoms with Crippen LogP contribution in [0.25, 0.3) is 11.8 Å². The Bertz CT molecular complexity index is 1210. The number of hydrogen-bond acceptors (Lipinski definition) is 6. The average molecular weight is 496 g/mol. The van der Waals surface area contributed by atoms with E-state index in [1.165, 1.54) is 0 Å². The summed E-state index contributed by atoms with van der Waals surface area (Å²) in [5, 5.41) is -0.428. The van der Waals surface area contributed by atoms with Crippen LogP contribution >= 0.6 is 11.8 Å². The molecule has 2 aliphatic heterocycles. The lowest BCUT2D eigenvalue weighted by atomic mass is 10.1. The molecular weight excluding hydrogens is 466 g/mol. The molecule has 0 radical (unpaired) electrons. The summed E-state index contributed by atoms with van der Waals surface area (Å²) in [6.45, 7) is 7.04. The summed E-state index contributed by atoms with van der Waals surface area (Å²) in [6, 6.07) is 9.09. The third-order valence-corrected chi connectivity index (χ3v) is 7.16. The van der Waals surface area contributed by atoms with Crippen molar-refractivity contribution in [2.24, 2.45) is 0 Å². The van der Waals surface area contributed by atoms with Crippen molar-refractivity contribution in [2.75, 3.05) is 26.2 Å². The number of thioether (sulfide) groups is 1. The van der Waals surface area contributed by atoms with Gasteiger partial charge in [0.1, 0.15) is 6.54 Å². The number of likely N-dealkylation sites (tertiary alicyclic amines) is 1. The second-order valence-corrected chi connectivity index (χ2v) is 9.64. The van der Waals surface area contributed by atoms with Gasteiger partial charge in [0.15, 0.2) is 0 Å². The fourth-order valence-corrected chi connectivity index (χ4v) is 5.30. The molecule has 2 aromatic rings. The zero-order valence-corrected chi connectivity index (χ0v) is 21.0. The van der Waals surface area contributed by atoms with E-state index in [1.807, 2.05) is 30.5 Å². The molecule has 35 heavy (non-hydrogen) atoms. The van der Waals surface area contributed by atoms with Gasteiger partial charge in [0.2, 0.25) is 5.91 Å². The van der Waals surface area contributed by atoms with Gasteiger partial charge in [-0.15, -0.1) is 0 Å². The fourth-order valence-electron chi connectivity index (χ4n) is 4.47. The van der Waals surface area contributed by atoms with E-state index in [2.05, 4.69) is 0 Å². The number of rotatable bonds is 6. The smallest absolute Gasteiger partial charge is 0.338 e. The highest BCUT2D eigenvalue weighted by Gasteiger charge is 2.37. The fraction of sp³-hybridized carbons (Fsp3) is 0.385. The highest BCUT2D eigenvalue weighted by Crippen LogP contribution is 2.34. The van der Waals surface area contributed by atoms with Crippen molar-refractivity contribution >= 4 is 40.9 Å². The molecule has 9 heteroatoms. The van der Waals surface area contributed by atoms with Gasteiger partial charge in [-0.05, 0) is 87.7 Å². The van der Waals surface area contributed by atoms with Gasteiger partial charge in [0, 0.05) is 30.2 Å². The molecule has 0 bridgehead atoms.